The second kappa shape index (κ2) is 14.9. The van der Waals surface area contributed by atoms with Gasteiger partial charge in [0, 0.05) is 54.8 Å². The van der Waals surface area contributed by atoms with Crippen molar-refractivity contribution < 1.29 is 4.57 Å². The standard InChI is InChI=1S/C53H39N4OP/c1-3-17-42(4-2)59(58)47-26-15-12-23-44(47)49-43-22-11-14-25-46(43)57(50(49)45-24-13-16-27-48(45)59)41-34-32-40(33-35-41)53-55-51(38-20-9-6-10-21-38)54-52(56-53)39-30-28-37(29-31-39)36-18-7-5-8-19-36/h3-35H,1-2H3/b17-3-,42-4+. The number of para-hydroxylation sites is 1. The number of hydrogen-bond acceptors (Lipinski definition) is 4. The van der Waals surface area contributed by atoms with Gasteiger partial charge in [-0.15, -0.1) is 0 Å². The first-order valence-electron chi connectivity index (χ1n) is 19.9. The third kappa shape index (κ3) is 6.10. The normalized spacial score (nSPS) is 14.8. The molecule has 0 fully saturated rings. The molecule has 0 saturated carbocycles. The van der Waals surface area contributed by atoms with Crippen molar-refractivity contribution in [2.45, 2.75) is 13.8 Å². The molecule has 1 unspecified atom stereocenters. The average Bonchev–Trinajstić information content (AvgIpc) is 3.62. The van der Waals surface area contributed by atoms with Crippen LogP contribution in [0, 0.1) is 0 Å². The summed E-state index contributed by atoms with van der Waals surface area (Å²) in [5.74, 6) is 1.81. The molecule has 9 aromatic rings. The van der Waals surface area contributed by atoms with Gasteiger partial charge in [0.05, 0.1) is 11.2 Å². The minimum absolute atomic E-state index is 0.590. The molecule has 1 atom stereocenters. The van der Waals surface area contributed by atoms with Crippen LogP contribution < -0.4 is 10.6 Å². The fraction of sp³-hybridized carbons (Fsp3) is 0.0377. The SMILES string of the molecule is C/C=C\C(=C/C)P1(=O)c2ccccc2-c2c(n(-c3ccc(-c4nc(-c5ccccc5)nc(-c5ccc(-c6ccccc6)cc5)n4)cc3)c3ccccc23)-c2ccccc21. The van der Waals surface area contributed by atoms with Crippen molar-refractivity contribution in [1.82, 2.24) is 19.5 Å². The molecule has 0 amide bonds. The van der Waals surface area contributed by atoms with Gasteiger partial charge < -0.3 is 9.13 Å². The molecular weight excluding hydrogens is 740 g/mol. The largest absolute Gasteiger partial charge is 0.309 e. The Balaban J connectivity index is 1.14. The number of allylic oxidation sites excluding steroid dienone is 4. The Kier molecular flexibility index (Phi) is 9.16. The molecule has 1 aliphatic rings. The second-order valence-corrected chi connectivity index (χ2v) is 17.3. The molecule has 0 bridgehead atoms. The summed E-state index contributed by atoms with van der Waals surface area (Å²) in [7, 11) is -3.29. The summed E-state index contributed by atoms with van der Waals surface area (Å²) in [4.78, 5) is 15.1. The van der Waals surface area contributed by atoms with Gasteiger partial charge in [0.1, 0.15) is 0 Å². The topological polar surface area (TPSA) is 60.7 Å². The zero-order valence-electron chi connectivity index (χ0n) is 32.7. The second-order valence-electron chi connectivity index (χ2n) is 14.6. The van der Waals surface area contributed by atoms with E-state index in [2.05, 4.69) is 138 Å². The first kappa shape index (κ1) is 36.2. The molecule has 3 heterocycles. The molecule has 0 N–H and O–H groups in total. The lowest BCUT2D eigenvalue weighted by atomic mass is 9.98. The van der Waals surface area contributed by atoms with E-state index in [1.807, 2.05) is 80.6 Å². The molecule has 5 nitrogen and oxygen atoms in total. The number of benzene rings is 7. The highest BCUT2D eigenvalue weighted by molar-refractivity contribution is 7.83. The van der Waals surface area contributed by atoms with E-state index in [9.17, 15) is 0 Å². The summed E-state index contributed by atoms with van der Waals surface area (Å²) >= 11 is 0. The molecular formula is C53H39N4OP. The van der Waals surface area contributed by atoms with Crippen molar-refractivity contribution in [2.75, 3.05) is 0 Å². The third-order valence-electron chi connectivity index (χ3n) is 11.2. The molecule has 2 aromatic heterocycles. The van der Waals surface area contributed by atoms with E-state index in [1.54, 1.807) is 0 Å². The van der Waals surface area contributed by atoms with Gasteiger partial charge in [0.15, 0.2) is 24.6 Å². The summed E-state index contributed by atoms with van der Waals surface area (Å²) in [6.45, 7) is 3.96. The van der Waals surface area contributed by atoms with Crippen LogP contribution in [0.25, 0.3) is 84.3 Å². The van der Waals surface area contributed by atoms with E-state index in [0.717, 1.165) is 82.7 Å². The summed E-state index contributed by atoms with van der Waals surface area (Å²) in [5.41, 5.74) is 11.1. The van der Waals surface area contributed by atoms with Crippen LogP contribution in [-0.2, 0) is 4.57 Å². The van der Waals surface area contributed by atoms with Crippen LogP contribution in [0.2, 0.25) is 0 Å². The van der Waals surface area contributed by atoms with Crippen molar-refractivity contribution >= 4 is 28.7 Å². The first-order chi connectivity index (χ1) is 29.1. The first-order valence-corrected chi connectivity index (χ1v) is 21.6. The molecule has 0 spiro atoms. The van der Waals surface area contributed by atoms with Gasteiger partial charge >= 0.3 is 0 Å². The van der Waals surface area contributed by atoms with Crippen LogP contribution in [0.5, 0.6) is 0 Å². The van der Waals surface area contributed by atoms with Crippen molar-refractivity contribution in [1.29, 1.82) is 0 Å². The molecule has 282 valence electrons. The average molecular weight is 779 g/mol. The smallest absolute Gasteiger partial charge is 0.171 e. The molecule has 0 aliphatic carbocycles. The molecule has 59 heavy (non-hydrogen) atoms. The molecule has 7 aromatic carbocycles. The van der Waals surface area contributed by atoms with E-state index >= 15 is 4.57 Å². The zero-order chi connectivity index (χ0) is 39.9. The number of nitrogens with zero attached hydrogens (tertiary/aromatic N) is 4. The Morgan fingerprint density at radius 1 is 0.492 bits per heavy atom. The Morgan fingerprint density at radius 2 is 0.949 bits per heavy atom. The molecule has 1 aliphatic heterocycles. The Bertz CT molecular complexity index is 3130. The van der Waals surface area contributed by atoms with Crippen LogP contribution >= 0.6 is 7.14 Å². The summed E-state index contributed by atoms with van der Waals surface area (Å²) in [6, 6.07) is 62.3. The van der Waals surface area contributed by atoms with Crippen molar-refractivity contribution in [3.05, 3.63) is 206 Å². The zero-order valence-corrected chi connectivity index (χ0v) is 33.6. The van der Waals surface area contributed by atoms with Gasteiger partial charge in [-0.1, -0.05) is 170 Å². The van der Waals surface area contributed by atoms with Gasteiger partial charge in [-0.05, 0) is 60.9 Å². The minimum Gasteiger partial charge on any atom is -0.309 e. The number of hydrogen-bond donors (Lipinski definition) is 0. The predicted molar refractivity (Wildman–Crippen MR) is 245 cm³/mol. The highest BCUT2D eigenvalue weighted by Gasteiger charge is 2.40. The van der Waals surface area contributed by atoms with Gasteiger partial charge in [-0.2, -0.15) is 0 Å². The lowest BCUT2D eigenvalue weighted by Gasteiger charge is -2.23. The van der Waals surface area contributed by atoms with Crippen LogP contribution in [0.1, 0.15) is 13.8 Å². The van der Waals surface area contributed by atoms with E-state index < -0.39 is 7.14 Å². The fourth-order valence-electron chi connectivity index (χ4n) is 8.46. The lowest BCUT2D eigenvalue weighted by Crippen LogP contribution is -2.19. The molecule has 10 rings (SSSR count). The maximum absolute atomic E-state index is 16.0. The van der Waals surface area contributed by atoms with Gasteiger partial charge in [0.2, 0.25) is 0 Å². The monoisotopic (exact) mass is 778 g/mol. The highest BCUT2D eigenvalue weighted by Crippen LogP contribution is 2.59. The molecule has 6 heteroatoms. The summed E-state index contributed by atoms with van der Waals surface area (Å²) in [5, 5.41) is 3.61. The van der Waals surface area contributed by atoms with Gasteiger partial charge in [0.25, 0.3) is 0 Å². The maximum atomic E-state index is 16.0. The fourth-order valence-corrected chi connectivity index (χ4v) is 11.6. The van der Waals surface area contributed by atoms with Crippen LogP contribution in [-0.4, -0.2) is 19.5 Å². The third-order valence-corrected chi connectivity index (χ3v) is 14.5. The highest BCUT2D eigenvalue weighted by atomic mass is 31.2. The Morgan fingerprint density at radius 3 is 1.56 bits per heavy atom. The lowest BCUT2D eigenvalue weighted by molar-refractivity contribution is 0.591. The summed E-state index contributed by atoms with van der Waals surface area (Å²) < 4.78 is 18.3. The molecule has 0 radical (unpaired) electrons. The quantitative estimate of drug-likeness (QED) is 0.119. The predicted octanol–water partition coefficient (Wildman–Crippen LogP) is 12.9. The van der Waals surface area contributed by atoms with E-state index in [4.69, 9.17) is 15.0 Å². The summed E-state index contributed by atoms with van der Waals surface area (Å²) in [6.07, 6.45) is 5.99. The number of rotatable bonds is 7. The van der Waals surface area contributed by atoms with E-state index in [0.29, 0.717) is 17.5 Å². The van der Waals surface area contributed by atoms with E-state index in [-0.39, 0.29) is 0 Å². The maximum Gasteiger partial charge on any atom is 0.171 e. The van der Waals surface area contributed by atoms with Crippen molar-refractivity contribution in [3.8, 4) is 73.4 Å². The van der Waals surface area contributed by atoms with Crippen LogP contribution in [0.15, 0.2) is 206 Å². The van der Waals surface area contributed by atoms with Gasteiger partial charge in [-0.3, -0.25) is 0 Å². The van der Waals surface area contributed by atoms with Crippen molar-refractivity contribution in [2.24, 2.45) is 0 Å². The minimum atomic E-state index is -3.29. The Labute approximate surface area is 344 Å². The number of fused-ring (bicyclic) bond motifs is 7. The molecule has 0 saturated heterocycles. The van der Waals surface area contributed by atoms with E-state index in [1.165, 1.54) is 0 Å². The van der Waals surface area contributed by atoms with Crippen molar-refractivity contribution in [3.63, 3.8) is 0 Å². The van der Waals surface area contributed by atoms with Crippen LogP contribution in [0.4, 0.5) is 0 Å². The Hall–Kier alpha value is -7.20. The number of aromatic nitrogens is 4. The van der Waals surface area contributed by atoms with Gasteiger partial charge in [-0.25, -0.2) is 15.0 Å². The van der Waals surface area contributed by atoms with Crippen LogP contribution in [0.3, 0.4) is 0 Å².